The van der Waals surface area contributed by atoms with Gasteiger partial charge in [-0.2, -0.15) is 11.8 Å². The molecule has 2 aliphatic heterocycles. The average molecular weight is 852 g/mol. The number of likely N-dealkylation sites (N-methyl/N-ethyl adjacent to an activating group) is 1. The van der Waals surface area contributed by atoms with E-state index >= 15 is 0 Å². The number of pyridine rings is 1. The summed E-state index contributed by atoms with van der Waals surface area (Å²) in [5.74, 6) is 0.490. The number of halogens is 2. The first kappa shape index (κ1) is 39.4. The molecule has 5 N–H and O–H groups in total. The molecular weight excluding hydrogens is 808 g/mol. The number of aromatic amines is 2. The summed E-state index contributed by atoms with van der Waals surface area (Å²) in [4.78, 5) is 69.4. The van der Waals surface area contributed by atoms with Gasteiger partial charge in [0.05, 0.1) is 23.1 Å². The average Bonchev–Trinajstić information content (AvgIpc) is 3.54. The molecule has 3 amide bonds. The second kappa shape index (κ2) is 16.2. The number of anilines is 1. The van der Waals surface area contributed by atoms with Gasteiger partial charge in [-0.25, -0.2) is 4.98 Å². The van der Waals surface area contributed by atoms with Crippen LogP contribution in [0.4, 0.5) is 5.69 Å². The number of carbonyl (C=O) groups excluding carboxylic acids is 4. The number of benzene rings is 2. The molecule has 9 rings (SSSR count). The Labute approximate surface area is 355 Å². The van der Waals surface area contributed by atoms with Crippen LogP contribution in [0.25, 0.3) is 23.2 Å². The van der Waals surface area contributed by atoms with Crippen molar-refractivity contribution in [1.82, 2.24) is 35.8 Å². The van der Waals surface area contributed by atoms with Crippen molar-refractivity contribution < 1.29 is 19.2 Å². The number of alkyl halides is 1. The van der Waals surface area contributed by atoms with Crippen LogP contribution in [0.15, 0.2) is 66.9 Å². The summed E-state index contributed by atoms with van der Waals surface area (Å²) in [6.07, 6.45) is 8.99. The van der Waals surface area contributed by atoms with Crippen LogP contribution in [0.2, 0.25) is 5.15 Å². The van der Waals surface area contributed by atoms with Crippen molar-refractivity contribution in [3.8, 4) is 0 Å². The molecule has 5 heterocycles. The van der Waals surface area contributed by atoms with Crippen LogP contribution in [0.1, 0.15) is 55.6 Å². The molecule has 1 saturated carbocycles. The van der Waals surface area contributed by atoms with E-state index < -0.39 is 12.1 Å². The van der Waals surface area contributed by atoms with Gasteiger partial charge in [0.1, 0.15) is 28.1 Å². The van der Waals surface area contributed by atoms with E-state index in [2.05, 4.69) is 60.3 Å². The maximum absolute atomic E-state index is 14.1. The lowest BCUT2D eigenvalue weighted by Crippen LogP contribution is -2.54. The molecule has 4 aliphatic rings. The van der Waals surface area contributed by atoms with Gasteiger partial charge in [-0.15, -0.1) is 0 Å². The standard InChI is InChI=1S/C44H44Cl2N8O4S/c1-53(10-11-54-36-6-4-3-5-24(36)14-33(44(54)58)52-43(57)32-17-27-19-38(46)48-21-35(27)50-32)22-23-7-8-28-25(13-23)15-30(41(55)40-29(39(28)40)9-12-59-2)51-42(56)31-16-26-18-37(45)47-20-34(26)49-31/h3-8,13,16-21,29-30,33,38-40,48-50H,9-12,14-15,22H2,1-2H3,(H,51,56)(H,52,57)/t29-,30?,33?,38?,39?,40?/m1/s1. The quantitative estimate of drug-likeness (QED) is 0.0716. The maximum Gasteiger partial charge on any atom is 0.268 e. The fourth-order valence-electron chi connectivity index (χ4n) is 9.13. The zero-order valence-corrected chi connectivity index (χ0v) is 34.9. The van der Waals surface area contributed by atoms with Crippen molar-refractivity contribution in [2.45, 2.75) is 49.3 Å². The lowest BCUT2D eigenvalue weighted by Gasteiger charge is -2.35. The summed E-state index contributed by atoms with van der Waals surface area (Å²) < 4.78 is 0. The molecule has 6 atom stereocenters. The van der Waals surface area contributed by atoms with Crippen LogP contribution in [-0.4, -0.2) is 93.1 Å². The number of hydrogen-bond donors (Lipinski definition) is 5. The number of para-hydroxylation sites is 1. The van der Waals surface area contributed by atoms with Crippen LogP contribution < -0.4 is 31.4 Å². The van der Waals surface area contributed by atoms with Gasteiger partial charge in [0, 0.05) is 60.9 Å². The van der Waals surface area contributed by atoms with Crippen LogP contribution >= 0.6 is 35.0 Å². The molecule has 1 fully saturated rings. The molecule has 304 valence electrons. The van der Waals surface area contributed by atoms with Gasteiger partial charge in [-0.1, -0.05) is 59.6 Å². The number of ketones is 1. The Morgan fingerprint density at radius 2 is 1.75 bits per heavy atom. The second-order valence-electron chi connectivity index (χ2n) is 16.0. The third-order valence-electron chi connectivity index (χ3n) is 12.1. The SMILES string of the molecule is CSCC[C@H]1C2C(=O)C(NC(=O)c3cc4cc(Cl)ncc4[nH]3)Cc3cc(CN(C)CCN4C(=O)C(NC(=O)c5cc6c([nH]5)=CNC(Cl)C=6)Cc5ccccc54)ccc3C21. The number of thioether (sulfide) groups is 1. The summed E-state index contributed by atoms with van der Waals surface area (Å²) >= 11 is 14.1. The normalized spacial score (nSPS) is 22.9. The fraction of sp³-hybridized carbons (Fsp3) is 0.341. The third-order valence-corrected chi connectivity index (χ3v) is 13.2. The molecule has 5 aromatic rings. The van der Waals surface area contributed by atoms with Crippen molar-refractivity contribution in [2.75, 3.05) is 37.0 Å². The Morgan fingerprint density at radius 1 is 0.966 bits per heavy atom. The Morgan fingerprint density at radius 3 is 2.58 bits per heavy atom. The number of nitrogens with zero attached hydrogens (tertiary/aromatic N) is 3. The van der Waals surface area contributed by atoms with E-state index in [9.17, 15) is 19.2 Å². The van der Waals surface area contributed by atoms with Gasteiger partial charge in [0.15, 0.2) is 5.78 Å². The van der Waals surface area contributed by atoms with Gasteiger partial charge >= 0.3 is 0 Å². The van der Waals surface area contributed by atoms with E-state index in [1.54, 1.807) is 47.3 Å². The van der Waals surface area contributed by atoms with Crippen LogP contribution in [0.5, 0.6) is 0 Å². The van der Waals surface area contributed by atoms with E-state index in [1.807, 2.05) is 37.4 Å². The molecule has 2 aromatic carbocycles. The molecule has 5 unspecified atom stereocenters. The smallest absolute Gasteiger partial charge is 0.268 e. The van der Waals surface area contributed by atoms with E-state index in [1.165, 1.54) is 5.56 Å². The summed E-state index contributed by atoms with van der Waals surface area (Å²) in [5.41, 5.74) is 6.24. The van der Waals surface area contributed by atoms with Crippen molar-refractivity contribution >= 4 is 87.3 Å². The summed E-state index contributed by atoms with van der Waals surface area (Å²) in [6, 6.07) is 18.1. The fourth-order valence-corrected chi connectivity index (χ4v) is 10.0. The first-order valence-corrected chi connectivity index (χ1v) is 22.0. The van der Waals surface area contributed by atoms with Gasteiger partial charge in [0.25, 0.3) is 11.8 Å². The van der Waals surface area contributed by atoms with E-state index in [-0.39, 0.29) is 46.8 Å². The highest BCUT2D eigenvalue weighted by Gasteiger charge is 2.58. The Kier molecular flexibility index (Phi) is 10.8. The van der Waals surface area contributed by atoms with Gasteiger partial charge in [-0.3, -0.25) is 19.2 Å². The minimum absolute atomic E-state index is 0.0944. The number of carbonyl (C=O) groups is 4. The van der Waals surface area contributed by atoms with Gasteiger partial charge < -0.3 is 35.7 Å². The minimum Gasteiger partial charge on any atom is -0.370 e. The number of amides is 3. The monoisotopic (exact) mass is 850 g/mol. The number of nitrogens with one attached hydrogen (secondary N) is 5. The molecule has 59 heavy (non-hydrogen) atoms. The Hall–Kier alpha value is -5.08. The van der Waals surface area contributed by atoms with Gasteiger partial charge in [0.2, 0.25) is 5.91 Å². The van der Waals surface area contributed by atoms with E-state index in [4.69, 9.17) is 23.2 Å². The number of Topliss-reactive ketones (excluding diaryl/α,β-unsaturated/α-hetero) is 1. The summed E-state index contributed by atoms with van der Waals surface area (Å²) in [7, 11) is 2.03. The Balaban J connectivity index is 0.892. The number of aromatic nitrogens is 3. The first-order chi connectivity index (χ1) is 28.5. The van der Waals surface area contributed by atoms with Crippen molar-refractivity contribution in [3.05, 3.63) is 116 Å². The highest BCUT2D eigenvalue weighted by atomic mass is 35.5. The second-order valence-corrected chi connectivity index (χ2v) is 17.8. The summed E-state index contributed by atoms with van der Waals surface area (Å²) in [5, 5.41) is 11.8. The zero-order chi connectivity index (χ0) is 40.9. The number of fused-ring (bicyclic) bond motifs is 6. The molecule has 15 heteroatoms. The highest BCUT2D eigenvalue weighted by molar-refractivity contribution is 7.98. The predicted molar refractivity (Wildman–Crippen MR) is 232 cm³/mol. The van der Waals surface area contributed by atoms with Gasteiger partial charge in [-0.05, 0) is 89.9 Å². The molecule has 0 spiro atoms. The molecule has 0 radical (unpaired) electrons. The first-order valence-electron chi connectivity index (χ1n) is 19.8. The largest absolute Gasteiger partial charge is 0.370 e. The van der Waals surface area contributed by atoms with Crippen LogP contribution in [0.3, 0.4) is 0 Å². The number of rotatable bonds is 12. The number of H-pyrrole nitrogens is 2. The molecule has 12 nitrogen and oxygen atoms in total. The van der Waals surface area contributed by atoms with Crippen molar-refractivity contribution in [2.24, 2.45) is 11.8 Å². The number of hydrogen-bond acceptors (Lipinski definition) is 8. The lowest BCUT2D eigenvalue weighted by atomic mass is 9.94. The molecule has 0 saturated heterocycles. The Bertz CT molecular complexity index is 2630. The van der Waals surface area contributed by atoms with Crippen molar-refractivity contribution in [3.63, 3.8) is 0 Å². The molecule has 3 aromatic heterocycles. The summed E-state index contributed by atoms with van der Waals surface area (Å²) in [6.45, 7) is 1.61. The zero-order valence-electron chi connectivity index (χ0n) is 32.6. The minimum atomic E-state index is -0.729. The van der Waals surface area contributed by atoms with Crippen LogP contribution in [-0.2, 0) is 29.0 Å². The molecule has 0 bridgehead atoms. The van der Waals surface area contributed by atoms with Crippen LogP contribution in [0, 0.1) is 11.8 Å². The topological polar surface area (TPSA) is 155 Å². The van der Waals surface area contributed by atoms with E-state index in [0.717, 1.165) is 50.5 Å². The molecular formula is C44H44Cl2N8O4S. The van der Waals surface area contributed by atoms with Crippen molar-refractivity contribution in [1.29, 1.82) is 0 Å². The van der Waals surface area contributed by atoms with E-state index in [0.29, 0.717) is 54.5 Å². The third kappa shape index (κ3) is 7.88. The molecule has 2 aliphatic carbocycles. The maximum atomic E-state index is 14.1. The predicted octanol–water partition coefficient (Wildman–Crippen LogP) is 4.06. The highest BCUT2D eigenvalue weighted by Crippen LogP contribution is 2.59. The lowest BCUT2D eigenvalue weighted by molar-refractivity contribution is -0.122.